The Balaban J connectivity index is 1.52. The lowest BCUT2D eigenvalue weighted by atomic mass is 9.99. The second-order valence-corrected chi connectivity index (χ2v) is 8.26. The molecule has 0 bridgehead atoms. The zero-order valence-corrected chi connectivity index (χ0v) is 18.4. The number of carbonyl (C=O) groups excluding carboxylic acids is 2. The standard InChI is InChI=1S/C25H27FN4O3/c1-33-21-11-8-17(26)12-19(21)25(32)29-13-15-6-9-18(10-7-15)30-14-20(16-4-2-3-5-16)22(27)23(30)24(28)31/h6-12,14,16H,2-5,13,27H2,1H3,(H2,28,31)(H,29,32). The molecule has 33 heavy (non-hydrogen) atoms. The lowest BCUT2D eigenvalue weighted by Crippen LogP contribution is -2.23. The maximum absolute atomic E-state index is 13.6. The quantitative estimate of drug-likeness (QED) is 0.507. The van der Waals surface area contributed by atoms with E-state index < -0.39 is 17.6 Å². The van der Waals surface area contributed by atoms with Crippen molar-refractivity contribution in [3.63, 3.8) is 0 Å². The first-order valence-electron chi connectivity index (χ1n) is 10.9. The Kier molecular flexibility index (Phi) is 6.35. The summed E-state index contributed by atoms with van der Waals surface area (Å²) in [7, 11) is 1.43. The smallest absolute Gasteiger partial charge is 0.267 e. The number of hydrogen-bond donors (Lipinski definition) is 3. The fourth-order valence-corrected chi connectivity index (χ4v) is 4.47. The summed E-state index contributed by atoms with van der Waals surface area (Å²) in [6.45, 7) is 0.239. The number of ether oxygens (including phenoxy) is 1. The van der Waals surface area contributed by atoms with Gasteiger partial charge in [0.05, 0.1) is 18.4 Å². The van der Waals surface area contributed by atoms with Gasteiger partial charge in [0.1, 0.15) is 17.3 Å². The van der Waals surface area contributed by atoms with E-state index in [0.29, 0.717) is 17.4 Å². The molecule has 2 amide bonds. The molecule has 0 radical (unpaired) electrons. The lowest BCUT2D eigenvalue weighted by Gasteiger charge is -2.11. The molecule has 2 aromatic carbocycles. The number of halogens is 1. The molecule has 0 spiro atoms. The third kappa shape index (κ3) is 4.55. The van der Waals surface area contributed by atoms with Crippen molar-refractivity contribution in [1.82, 2.24) is 9.88 Å². The summed E-state index contributed by atoms with van der Waals surface area (Å²) in [4.78, 5) is 24.6. The van der Waals surface area contributed by atoms with Crippen molar-refractivity contribution >= 4 is 17.5 Å². The van der Waals surface area contributed by atoms with E-state index in [2.05, 4.69) is 5.32 Å². The second kappa shape index (κ2) is 9.36. The van der Waals surface area contributed by atoms with Crippen LogP contribution in [0.25, 0.3) is 5.69 Å². The predicted octanol–water partition coefficient (Wildman–Crippen LogP) is 3.89. The molecule has 0 saturated heterocycles. The summed E-state index contributed by atoms with van der Waals surface area (Å²) >= 11 is 0. The van der Waals surface area contributed by atoms with Gasteiger partial charge >= 0.3 is 0 Å². The molecule has 1 aliphatic carbocycles. The van der Waals surface area contributed by atoms with Crippen LogP contribution < -0.4 is 21.5 Å². The van der Waals surface area contributed by atoms with Crippen LogP contribution in [0, 0.1) is 5.82 Å². The first kappa shape index (κ1) is 22.4. The molecule has 1 aliphatic rings. The number of nitrogen functional groups attached to an aromatic ring is 1. The summed E-state index contributed by atoms with van der Waals surface area (Å²) in [6, 6.07) is 11.2. The minimum atomic E-state index is -0.572. The number of benzene rings is 2. The Labute approximate surface area is 191 Å². The first-order valence-corrected chi connectivity index (χ1v) is 10.9. The summed E-state index contributed by atoms with van der Waals surface area (Å²) in [5, 5.41) is 2.77. The zero-order valence-electron chi connectivity index (χ0n) is 18.4. The molecule has 8 heteroatoms. The molecule has 0 atom stereocenters. The van der Waals surface area contributed by atoms with Crippen LogP contribution in [0.4, 0.5) is 10.1 Å². The highest BCUT2D eigenvalue weighted by Gasteiger charge is 2.26. The van der Waals surface area contributed by atoms with E-state index in [0.717, 1.165) is 48.6 Å². The van der Waals surface area contributed by atoms with E-state index in [9.17, 15) is 14.0 Å². The third-order valence-corrected chi connectivity index (χ3v) is 6.18. The van der Waals surface area contributed by atoms with Gasteiger partial charge in [-0.15, -0.1) is 0 Å². The Morgan fingerprint density at radius 3 is 2.48 bits per heavy atom. The first-order chi connectivity index (χ1) is 15.9. The summed E-state index contributed by atoms with van der Waals surface area (Å²) in [5.41, 5.74) is 15.4. The van der Waals surface area contributed by atoms with E-state index in [-0.39, 0.29) is 17.8 Å². The average molecular weight is 451 g/mol. The van der Waals surface area contributed by atoms with Crippen molar-refractivity contribution in [2.75, 3.05) is 12.8 Å². The van der Waals surface area contributed by atoms with Crippen molar-refractivity contribution < 1.29 is 18.7 Å². The van der Waals surface area contributed by atoms with Gasteiger partial charge in [0.15, 0.2) is 0 Å². The SMILES string of the molecule is COc1ccc(F)cc1C(=O)NCc1ccc(-n2cc(C3CCCC3)c(N)c2C(N)=O)cc1. The van der Waals surface area contributed by atoms with Crippen molar-refractivity contribution in [3.05, 3.63) is 76.9 Å². The average Bonchev–Trinajstić information content (AvgIpc) is 3.45. The molecule has 7 nitrogen and oxygen atoms in total. The highest BCUT2D eigenvalue weighted by molar-refractivity contribution is 5.98. The molecule has 172 valence electrons. The highest BCUT2D eigenvalue weighted by atomic mass is 19.1. The van der Waals surface area contributed by atoms with E-state index in [4.69, 9.17) is 16.2 Å². The van der Waals surface area contributed by atoms with E-state index in [1.807, 2.05) is 30.5 Å². The number of nitrogens with one attached hydrogen (secondary N) is 1. The maximum atomic E-state index is 13.6. The van der Waals surface area contributed by atoms with Gasteiger partial charge in [-0.2, -0.15) is 0 Å². The number of primary amides is 1. The minimum absolute atomic E-state index is 0.127. The van der Waals surface area contributed by atoms with Crippen molar-refractivity contribution in [3.8, 4) is 11.4 Å². The van der Waals surface area contributed by atoms with Gasteiger partial charge in [0.25, 0.3) is 11.8 Å². The lowest BCUT2D eigenvalue weighted by molar-refractivity contribution is 0.0946. The van der Waals surface area contributed by atoms with Crippen LogP contribution in [0.3, 0.4) is 0 Å². The van der Waals surface area contributed by atoms with Crippen LogP contribution in [0.2, 0.25) is 0 Å². The summed E-state index contributed by atoms with van der Waals surface area (Å²) in [5.74, 6) is -0.883. The molecule has 0 unspecified atom stereocenters. The molecular weight excluding hydrogens is 423 g/mol. The van der Waals surface area contributed by atoms with Crippen LogP contribution in [0.5, 0.6) is 5.75 Å². The summed E-state index contributed by atoms with van der Waals surface area (Å²) in [6.07, 6.45) is 6.34. The third-order valence-electron chi connectivity index (χ3n) is 6.18. The number of hydrogen-bond acceptors (Lipinski definition) is 4. The number of rotatable bonds is 7. The molecule has 1 aromatic heterocycles. The molecule has 1 fully saturated rings. The van der Waals surface area contributed by atoms with Crippen LogP contribution in [-0.4, -0.2) is 23.5 Å². The second-order valence-electron chi connectivity index (χ2n) is 8.26. The largest absolute Gasteiger partial charge is 0.496 e. The Hall–Kier alpha value is -3.81. The minimum Gasteiger partial charge on any atom is -0.496 e. The van der Waals surface area contributed by atoms with Crippen molar-refractivity contribution in [2.24, 2.45) is 5.73 Å². The van der Waals surface area contributed by atoms with Gasteiger partial charge in [0.2, 0.25) is 0 Å². The van der Waals surface area contributed by atoms with Gasteiger partial charge in [-0.05, 0) is 60.2 Å². The summed E-state index contributed by atoms with van der Waals surface area (Å²) < 4.78 is 20.4. The topological polar surface area (TPSA) is 112 Å². The predicted molar refractivity (Wildman–Crippen MR) is 124 cm³/mol. The maximum Gasteiger partial charge on any atom is 0.267 e. The molecule has 5 N–H and O–H groups in total. The van der Waals surface area contributed by atoms with Crippen LogP contribution in [0.1, 0.15) is 63.6 Å². The number of amides is 2. The molecule has 1 heterocycles. The van der Waals surface area contributed by atoms with Crippen molar-refractivity contribution in [1.29, 1.82) is 0 Å². The molecule has 3 aromatic rings. The van der Waals surface area contributed by atoms with Crippen molar-refractivity contribution in [2.45, 2.75) is 38.1 Å². The van der Waals surface area contributed by atoms with Crippen LogP contribution in [0.15, 0.2) is 48.7 Å². The number of nitrogens with zero attached hydrogens (tertiary/aromatic N) is 1. The molecule has 1 saturated carbocycles. The Morgan fingerprint density at radius 2 is 1.85 bits per heavy atom. The highest BCUT2D eigenvalue weighted by Crippen LogP contribution is 2.39. The fourth-order valence-electron chi connectivity index (χ4n) is 4.47. The number of anilines is 1. The van der Waals surface area contributed by atoms with Gasteiger partial charge in [0, 0.05) is 18.4 Å². The Morgan fingerprint density at radius 1 is 1.15 bits per heavy atom. The van der Waals surface area contributed by atoms with E-state index >= 15 is 0 Å². The van der Waals surface area contributed by atoms with E-state index in [1.165, 1.54) is 19.2 Å². The van der Waals surface area contributed by atoms with Gasteiger partial charge in [-0.25, -0.2) is 4.39 Å². The normalized spacial score (nSPS) is 13.8. The monoisotopic (exact) mass is 450 g/mol. The Bertz CT molecular complexity index is 1180. The van der Waals surface area contributed by atoms with Gasteiger partial charge in [-0.1, -0.05) is 25.0 Å². The zero-order chi connectivity index (χ0) is 23.5. The fraction of sp³-hybridized carbons (Fsp3) is 0.280. The number of nitrogens with two attached hydrogens (primary N) is 2. The number of carbonyl (C=O) groups is 2. The van der Waals surface area contributed by atoms with Crippen LogP contribution in [-0.2, 0) is 6.54 Å². The number of aromatic nitrogens is 1. The van der Waals surface area contributed by atoms with Gasteiger partial charge < -0.3 is 26.1 Å². The van der Waals surface area contributed by atoms with E-state index in [1.54, 1.807) is 4.57 Å². The molecule has 0 aliphatic heterocycles. The number of methoxy groups -OCH3 is 1. The van der Waals surface area contributed by atoms with Crippen LogP contribution >= 0.6 is 0 Å². The molecular formula is C25H27FN4O3. The molecule has 4 rings (SSSR count). The van der Waals surface area contributed by atoms with Gasteiger partial charge in [-0.3, -0.25) is 9.59 Å².